The predicted molar refractivity (Wildman–Crippen MR) is 69.6 cm³/mol. The van der Waals surface area contributed by atoms with E-state index in [1.807, 2.05) is 0 Å². The fourth-order valence-corrected chi connectivity index (χ4v) is 3.42. The van der Waals surface area contributed by atoms with Crippen molar-refractivity contribution in [1.29, 1.82) is 0 Å². The highest BCUT2D eigenvalue weighted by Crippen LogP contribution is 2.23. The molecule has 6 heteroatoms. The summed E-state index contributed by atoms with van der Waals surface area (Å²) in [6, 6.07) is 2.48. The molecule has 0 aliphatic rings. The Hall–Kier alpha value is -0.980. The van der Waals surface area contributed by atoms with Gasteiger partial charge >= 0.3 is 0 Å². The fourth-order valence-electron chi connectivity index (χ4n) is 1.85. The van der Waals surface area contributed by atoms with E-state index in [2.05, 4.69) is 5.32 Å². The predicted octanol–water partition coefficient (Wildman–Crippen LogP) is 1.28. The van der Waals surface area contributed by atoms with Crippen molar-refractivity contribution in [3.63, 3.8) is 0 Å². The summed E-state index contributed by atoms with van der Waals surface area (Å²) >= 11 is 0. The Bertz CT molecular complexity index is 506. The molecule has 102 valence electrons. The van der Waals surface area contributed by atoms with Crippen LogP contribution >= 0.6 is 0 Å². The maximum atomic E-state index is 13.2. The van der Waals surface area contributed by atoms with Gasteiger partial charge in [-0.3, -0.25) is 0 Å². The van der Waals surface area contributed by atoms with Crippen LogP contribution < -0.4 is 5.32 Å². The Kier molecular flexibility index (Phi) is 4.84. The van der Waals surface area contributed by atoms with Crippen LogP contribution in [0.5, 0.6) is 0 Å². The lowest BCUT2D eigenvalue weighted by Crippen LogP contribution is -2.33. The summed E-state index contributed by atoms with van der Waals surface area (Å²) in [6.45, 7) is 4.15. The molecule has 1 aromatic rings. The summed E-state index contributed by atoms with van der Waals surface area (Å²) in [5.41, 5.74) is 0.868. The second-order valence-corrected chi connectivity index (χ2v) is 6.28. The summed E-state index contributed by atoms with van der Waals surface area (Å²) in [5.74, 6) is -0.415. The van der Waals surface area contributed by atoms with Crippen LogP contribution in [0.15, 0.2) is 17.0 Å². The molecule has 0 saturated carbocycles. The maximum Gasteiger partial charge on any atom is 0.243 e. The Morgan fingerprint density at radius 2 is 1.78 bits per heavy atom. The second kappa shape index (κ2) is 5.77. The molecule has 0 aliphatic carbocycles. The van der Waals surface area contributed by atoms with Crippen molar-refractivity contribution in [1.82, 2.24) is 9.62 Å². The molecule has 0 fully saturated rings. The lowest BCUT2D eigenvalue weighted by atomic mass is 10.1. The van der Waals surface area contributed by atoms with E-state index >= 15 is 0 Å². The summed E-state index contributed by atoms with van der Waals surface area (Å²) in [6.07, 6.45) is 0. The van der Waals surface area contributed by atoms with Crippen LogP contribution in [-0.4, -0.2) is 39.9 Å². The van der Waals surface area contributed by atoms with Crippen LogP contribution in [0.4, 0.5) is 4.39 Å². The first-order valence-electron chi connectivity index (χ1n) is 5.68. The first-order chi connectivity index (χ1) is 8.30. The van der Waals surface area contributed by atoms with E-state index in [0.29, 0.717) is 24.2 Å². The number of hydrogen-bond donors (Lipinski definition) is 1. The molecule has 0 heterocycles. The minimum atomic E-state index is -3.56. The first kappa shape index (κ1) is 15.1. The Morgan fingerprint density at radius 3 is 2.22 bits per heavy atom. The third-order valence-corrected chi connectivity index (χ3v) is 4.93. The molecule has 0 amide bonds. The van der Waals surface area contributed by atoms with Crippen molar-refractivity contribution in [2.24, 2.45) is 0 Å². The fraction of sp³-hybridized carbons (Fsp3) is 0.500. The molecule has 18 heavy (non-hydrogen) atoms. The molecular weight excluding hydrogens is 255 g/mol. The van der Waals surface area contributed by atoms with Crippen molar-refractivity contribution in [2.75, 3.05) is 27.2 Å². The van der Waals surface area contributed by atoms with Crippen LogP contribution in [0.3, 0.4) is 0 Å². The van der Waals surface area contributed by atoms with Gasteiger partial charge in [0, 0.05) is 20.1 Å². The van der Waals surface area contributed by atoms with Gasteiger partial charge in [0.25, 0.3) is 0 Å². The average molecular weight is 274 g/mol. The number of rotatable bonds is 5. The summed E-state index contributed by atoms with van der Waals surface area (Å²) in [4.78, 5) is 0.197. The van der Waals surface area contributed by atoms with E-state index in [1.54, 1.807) is 20.9 Å². The largest absolute Gasteiger partial charge is 0.318 e. The first-order valence-corrected chi connectivity index (χ1v) is 7.12. The molecule has 0 radical (unpaired) electrons. The normalized spacial score (nSPS) is 12.1. The second-order valence-electron chi connectivity index (χ2n) is 4.30. The smallest absolute Gasteiger partial charge is 0.243 e. The number of halogens is 1. The topological polar surface area (TPSA) is 49.4 Å². The molecule has 1 aromatic carbocycles. The van der Waals surface area contributed by atoms with Gasteiger partial charge in [0.05, 0.1) is 4.90 Å². The van der Waals surface area contributed by atoms with Gasteiger partial charge in [0.15, 0.2) is 0 Å². The van der Waals surface area contributed by atoms with E-state index in [9.17, 15) is 12.8 Å². The SMILES string of the molecule is CNCCN(C)S(=O)(=O)c1c(C)cc(F)cc1C. The van der Waals surface area contributed by atoms with Crippen LogP contribution in [0.2, 0.25) is 0 Å². The zero-order valence-electron chi connectivity index (χ0n) is 11.1. The van der Waals surface area contributed by atoms with Gasteiger partial charge in [-0.1, -0.05) is 0 Å². The van der Waals surface area contributed by atoms with Gasteiger partial charge in [-0.15, -0.1) is 0 Å². The molecule has 0 aromatic heterocycles. The van der Waals surface area contributed by atoms with Crippen LogP contribution in [0, 0.1) is 19.7 Å². The zero-order valence-corrected chi connectivity index (χ0v) is 11.9. The van der Waals surface area contributed by atoms with E-state index < -0.39 is 15.8 Å². The number of benzene rings is 1. The van der Waals surface area contributed by atoms with Crippen LogP contribution in [-0.2, 0) is 10.0 Å². The van der Waals surface area contributed by atoms with Crippen molar-refractivity contribution >= 4 is 10.0 Å². The summed E-state index contributed by atoms with van der Waals surface area (Å²) < 4.78 is 39.2. The minimum absolute atomic E-state index is 0.197. The van der Waals surface area contributed by atoms with E-state index in [4.69, 9.17) is 0 Å². The molecule has 4 nitrogen and oxygen atoms in total. The van der Waals surface area contributed by atoms with Gasteiger partial charge < -0.3 is 5.32 Å². The van der Waals surface area contributed by atoms with Gasteiger partial charge in [0.1, 0.15) is 5.82 Å². The molecule has 0 spiro atoms. The quantitative estimate of drug-likeness (QED) is 0.880. The molecule has 0 bridgehead atoms. The van der Waals surface area contributed by atoms with Gasteiger partial charge in [-0.25, -0.2) is 12.8 Å². The third-order valence-electron chi connectivity index (χ3n) is 2.77. The van der Waals surface area contributed by atoms with Gasteiger partial charge in [0.2, 0.25) is 10.0 Å². The standard InChI is InChI=1S/C12H19FN2O2S/c1-9-7-11(13)8-10(2)12(9)18(16,17)15(4)6-5-14-3/h7-8,14H,5-6H2,1-4H3. The number of nitrogens with zero attached hydrogens (tertiary/aromatic N) is 1. The third kappa shape index (κ3) is 3.07. The average Bonchev–Trinajstić information content (AvgIpc) is 2.23. The number of hydrogen-bond acceptors (Lipinski definition) is 3. The Morgan fingerprint density at radius 1 is 1.28 bits per heavy atom. The molecule has 0 saturated heterocycles. The van der Waals surface area contributed by atoms with Crippen molar-refractivity contribution < 1.29 is 12.8 Å². The molecule has 0 unspecified atom stereocenters. The number of nitrogens with one attached hydrogen (secondary N) is 1. The molecule has 0 atom stereocenters. The summed E-state index contributed by atoms with van der Waals surface area (Å²) in [7, 11) is -0.281. The lowest BCUT2D eigenvalue weighted by molar-refractivity contribution is 0.465. The number of sulfonamides is 1. The van der Waals surface area contributed by atoms with E-state index in [-0.39, 0.29) is 4.90 Å². The highest BCUT2D eigenvalue weighted by Gasteiger charge is 2.24. The van der Waals surface area contributed by atoms with Gasteiger partial charge in [-0.2, -0.15) is 4.31 Å². The highest BCUT2D eigenvalue weighted by atomic mass is 32.2. The monoisotopic (exact) mass is 274 g/mol. The minimum Gasteiger partial charge on any atom is -0.318 e. The van der Waals surface area contributed by atoms with E-state index in [1.165, 1.54) is 23.5 Å². The number of aryl methyl sites for hydroxylation is 2. The molecular formula is C12H19FN2O2S. The van der Waals surface area contributed by atoms with Gasteiger partial charge in [-0.05, 0) is 44.2 Å². The molecule has 1 N–H and O–H groups in total. The Labute approximate surface area is 108 Å². The van der Waals surface area contributed by atoms with E-state index in [0.717, 1.165) is 0 Å². The maximum absolute atomic E-state index is 13.2. The van der Waals surface area contributed by atoms with Crippen molar-refractivity contribution in [2.45, 2.75) is 18.7 Å². The van der Waals surface area contributed by atoms with Crippen LogP contribution in [0.25, 0.3) is 0 Å². The molecule has 0 aliphatic heterocycles. The van der Waals surface area contributed by atoms with Crippen LogP contribution in [0.1, 0.15) is 11.1 Å². The highest BCUT2D eigenvalue weighted by molar-refractivity contribution is 7.89. The van der Waals surface area contributed by atoms with Crippen molar-refractivity contribution in [3.05, 3.63) is 29.1 Å². The summed E-state index contributed by atoms with van der Waals surface area (Å²) in [5, 5.41) is 2.89. The number of likely N-dealkylation sites (N-methyl/N-ethyl adjacent to an activating group) is 2. The Balaban J connectivity index is 3.20. The molecule has 1 rings (SSSR count). The lowest BCUT2D eigenvalue weighted by Gasteiger charge is -2.20. The van der Waals surface area contributed by atoms with Crippen molar-refractivity contribution in [3.8, 4) is 0 Å². The zero-order chi connectivity index (χ0) is 13.9.